The molecule has 0 aliphatic heterocycles. The minimum atomic E-state index is -0.464. The Morgan fingerprint density at radius 3 is 2.36 bits per heavy atom. The Kier molecular flexibility index (Phi) is 9.22. The topological polar surface area (TPSA) is 59.6 Å². The van der Waals surface area contributed by atoms with Crippen LogP contribution in [0, 0.1) is 11.8 Å². The number of hydrogen-bond donors (Lipinski definition) is 2. The normalized spacial score (nSPS) is 22.8. The third-order valence-corrected chi connectivity index (χ3v) is 5.08. The van der Waals surface area contributed by atoms with E-state index in [1.165, 1.54) is 38.5 Å². The van der Waals surface area contributed by atoms with Crippen LogP contribution in [0.4, 0.5) is 4.79 Å². The van der Waals surface area contributed by atoms with Crippen LogP contribution in [0.25, 0.3) is 0 Å². The third kappa shape index (κ3) is 9.45. The predicted octanol–water partition coefficient (Wildman–Crippen LogP) is 4.11. The maximum absolute atomic E-state index is 12.2. The lowest BCUT2D eigenvalue weighted by atomic mass is 9.83. The number of ether oxygens (including phenoxy) is 2. The number of rotatable bonds is 8. The van der Waals surface area contributed by atoms with Gasteiger partial charge in [0.25, 0.3) is 0 Å². The number of nitrogens with one attached hydrogen (secondary N) is 2. The first-order chi connectivity index (χ1) is 11.7. The van der Waals surface area contributed by atoms with Crippen molar-refractivity contribution in [3.63, 3.8) is 0 Å². The molecule has 0 aromatic heterocycles. The van der Waals surface area contributed by atoms with E-state index in [-0.39, 0.29) is 11.7 Å². The van der Waals surface area contributed by atoms with Gasteiger partial charge in [0.1, 0.15) is 0 Å². The van der Waals surface area contributed by atoms with E-state index in [0.29, 0.717) is 25.0 Å². The van der Waals surface area contributed by atoms with Gasteiger partial charge in [-0.05, 0) is 53.0 Å². The van der Waals surface area contributed by atoms with Crippen LogP contribution < -0.4 is 10.6 Å². The fourth-order valence-electron chi connectivity index (χ4n) is 3.38. The molecule has 1 fully saturated rings. The van der Waals surface area contributed by atoms with E-state index in [4.69, 9.17) is 9.47 Å². The standard InChI is InChI=1S/C20H40N2O3/c1-16-11-9-7-8-10-12-17(16)13-24-18(23)22-19(2,3)15-25-20(4,5)14-21-6/h16-17,21H,7-15H2,1-6H3,(H,22,23). The van der Waals surface area contributed by atoms with E-state index in [1.54, 1.807) is 0 Å². The number of alkyl carbamates (subject to hydrolysis) is 1. The number of hydrogen-bond acceptors (Lipinski definition) is 4. The highest BCUT2D eigenvalue weighted by atomic mass is 16.5. The van der Waals surface area contributed by atoms with Crippen LogP contribution >= 0.6 is 0 Å². The minimum absolute atomic E-state index is 0.272. The summed E-state index contributed by atoms with van der Waals surface area (Å²) in [5, 5.41) is 6.07. The molecular formula is C20H40N2O3. The van der Waals surface area contributed by atoms with Crippen molar-refractivity contribution in [1.82, 2.24) is 10.6 Å². The van der Waals surface area contributed by atoms with Crippen molar-refractivity contribution < 1.29 is 14.3 Å². The zero-order chi connectivity index (χ0) is 18.9. The van der Waals surface area contributed by atoms with Crippen LogP contribution in [0.5, 0.6) is 0 Å². The molecule has 0 radical (unpaired) electrons. The molecule has 2 unspecified atom stereocenters. The van der Waals surface area contributed by atoms with Crippen LogP contribution in [0.3, 0.4) is 0 Å². The summed E-state index contributed by atoms with van der Waals surface area (Å²) < 4.78 is 11.5. The second kappa shape index (κ2) is 10.4. The van der Waals surface area contributed by atoms with Crippen LogP contribution in [0.1, 0.15) is 73.1 Å². The van der Waals surface area contributed by atoms with Crippen molar-refractivity contribution in [2.24, 2.45) is 11.8 Å². The van der Waals surface area contributed by atoms with Crippen LogP contribution in [0.15, 0.2) is 0 Å². The Hall–Kier alpha value is -0.810. The summed E-state index contributed by atoms with van der Waals surface area (Å²) in [6.45, 7) is 12.0. The highest BCUT2D eigenvalue weighted by Crippen LogP contribution is 2.27. The van der Waals surface area contributed by atoms with Gasteiger partial charge in [-0.3, -0.25) is 0 Å². The van der Waals surface area contributed by atoms with Gasteiger partial charge in [-0.2, -0.15) is 0 Å². The summed E-state index contributed by atoms with van der Waals surface area (Å²) in [5.74, 6) is 1.12. The van der Waals surface area contributed by atoms with E-state index in [0.717, 1.165) is 6.54 Å². The molecule has 1 saturated carbocycles. The van der Waals surface area contributed by atoms with Crippen LogP contribution in [-0.4, -0.2) is 44.0 Å². The molecule has 0 saturated heterocycles. The molecule has 1 aliphatic rings. The van der Waals surface area contributed by atoms with Crippen molar-refractivity contribution in [2.75, 3.05) is 26.8 Å². The quantitative estimate of drug-likeness (QED) is 0.687. The van der Waals surface area contributed by atoms with Crippen LogP contribution in [-0.2, 0) is 9.47 Å². The van der Waals surface area contributed by atoms with Crippen molar-refractivity contribution in [2.45, 2.75) is 84.3 Å². The lowest BCUT2D eigenvalue weighted by Gasteiger charge is -2.32. The van der Waals surface area contributed by atoms with E-state index in [2.05, 4.69) is 17.6 Å². The number of carbonyl (C=O) groups is 1. The van der Waals surface area contributed by atoms with Gasteiger partial charge in [0.2, 0.25) is 0 Å². The van der Waals surface area contributed by atoms with E-state index < -0.39 is 5.54 Å². The van der Waals surface area contributed by atoms with Gasteiger partial charge in [-0.25, -0.2) is 4.79 Å². The first kappa shape index (κ1) is 22.2. The summed E-state index contributed by atoms with van der Waals surface area (Å²) >= 11 is 0. The van der Waals surface area contributed by atoms with Crippen molar-refractivity contribution >= 4 is 6.09 Å². The molecule has 0 bridgehead atoms. The Morgan fingerprint density at radius 2 is 1.72 bits per heavy atom. The summed E-state index contributed by atoms with van der Waals surface area (Å²) in [6.07, 6.45) is 7.28. The fourth-order valence-corrected chi connectivity index (χ4v) is 3.38. The number of amides is 1. The van der Waals surface area contributed by atoms with Gasteiger partial charge in [-0.15, -0.1) is 0 Å². The lowest BCUT2D eigenvalue weighted by molar-refractivity contribution is -0.0401. The fraction of sp³-hybridized carbons (Fsp3) is 0.950. The smallest absolute Gasteiger partial charge is 0.407 e. The zero-order valence-corrected chi connectivity index (χ0v) is 17.2. The van der Waals surface area contributed by atoms with Crippen molar-refractivity contribution in [1.29, 1.82) is 0 Å². The van der Waals surface area contributed by atoms with Crippen LogP contribution in [0.2, 0.25) is 0 Å². The highest BCUT2D eigenvalue weighted by molar-refractivity contribution is 5.68. The van der Waals surface area contributed by atoms with E-state index >= 15 is 0 Å². The van der Waals surface area contributed by atoms with Gasteiger partial charge in [0, 0.05) is 6.54 Å². The Morgan fingerprint density at radius 1 is 1.08 bits per heavy atom. The maximum Gasteiger partial charge on any atom is 0.407 e. The van der Waals surface area contributed by atoms with Gasteiger partial charge < -0.3 is 20.1 Å². The molecule has 0 aromatic carbocycles. The van der Waals surface area contributed by atoms with E-state index in [9.17, 15) is 4.79 Å². The lowest BCUT2D eigenvalue weighted by Crippen LogP contribution is -2.50. The molecule has 1 rings (SSSR count). The molecule has 2 atom stereocenters. The molecule has 5 heteroatoms. The average molecular weight is 357 g/mol. The molecule has 0 heterocycles. The molecule has 2 N–H and O–H groups in total. The molecule has 0 spiro atoms. The summed E-state index contributed by atoms with van der Waals surface area (Å²) in [4.78, 5) is 12.2. The second-order valence-corrected chi connectivity index (χ2v) is 8.91. The molecular weight excluding hydrogens is 316 g/mol. The van der Waals surface area contributed by atoms with Gasteiger partial charge in [0.15, 0.2) is 0 Å². The zero-order valence-electron chi connectivity index (χ0n) is 17.2. The third-order valence-electron chi connectivity index (χ3n) is 5.08. The van der Waals surface area contributed by atoms with Crippen molar-refractivity contribution in [3.05, 3.63) is 0 Å². The number of likely N-dealkylation sites (N-methyl/N-ethyl adjacent to an activating group) is 1. The molecule has 148 valence electrons. The maximum atomic E-state index is 12.2. The largest absolute Gasteiger partial charge is 0.449 e. The molecule has 25 heavy (non-hydrogen) atoms. The van der Waals surface area contributed by atoms with E-state index in [1.807, 2.05) is 34.7 Å². The summed E-state index contributed by atoms with van der Waals surface area (Å²) in [6, 6.07) is 0. The predicted molar refractivity (Wildman–Crippen MR) is 103 cm³/mol. The summed E-state index contributed by atoms with van der Waals surface area (Å²) in [5.41, 5.74) is -0.736. The minimum Gasteiger partial charge on any atom is -0.449 e. The molecule has 5 nitrogen and oxygen atoms in total. The van der Waals surface area contributed by atoms with Crippen molar-refractivity contribution in [3.8, 4) is 0 Å². The first-order valence-corrected chi connectivity index (χ1v) is 9.89. The SMILES string of the molecule is CNCC(C)(C)OCC(C)(C)NC(=O)OCC1CCCCCCC1C. The van der Waals surface area contributed by atoms with Gasteiger partial charge >= 0.3 is 6.09 Å². The van der Waals surface area contributed by atoms with Gasteiger partial charge in [0.05, 0.1) is 24.4 Å². The average Bonchev–Trinajstić information content (AvgIpc) is 2.48. The number of carbonyl (C=O) groups excluding carboxylic acids is 1. The molecule has 0 aromatic rings. The molecule has 1 aliphatic carbocycles. The monoisotopic (exact) mass is 356 g/mol. The first-order valence-electron chi connectivity index (χ1n) is 9.89. The summed E-state index contributed by atoms with van der Waals surface area (Å²) in [7, 11) is 1.91. The Bertz CT molecular complexity index is 396. The second-order valence-electron chi connectivity index (χ2n) is 8.91. The highest BCUT2D eigenvalue weighted by Gasteiger charge is 2.27. The van der Waals surface area contributed by atoms with Gasteiger partial charge in [-0.1, -0.05) is 39.0 Å². The molecule has 1 amide bonds. The Labute approximate surface area is 154 Å². The Balaban J connectivity index is 2.38.